The van der Waals surface area contributed by atoms with Gasteiger partial charge >= 0.3 is 0 Å². The first kappa shape index (κ1) is 18.8. The van der Waals surface area contributed by atoms with Crippen LogP contribution in [0.15, 0.2) is 0 Å². The molecule has 0 aliphatic carbocycles. The topological polar surface area (TPSA) is 61.4 Å². The molecule has 0 aliphatic heterocycles. The Morgan fingerprint density at radius 2 is 1.74 bits per heavy atom. The van der Waals surface area contributed by atoms with E-state index in [9.17, 15) is 8.42 Å². The van der Waals surface area contributed by atoms with E-state index in [0.29, 0.717) is 13.1 Å². The van der Waals surface area contributed by atoms with Crippen molar-refractivity contribution in [3.8, 4) is 0 Å². The van der Waals surface area contributed by atoms with Gasteiger partial charge in [0.25, 0.3) is 0 Å². The quantitative estimate of drug-likeness (QED) is 0.528. The molecule has 0 aliphatic rings. The second-order valence-corrected chi connectivity index (χ2v) is 7.07. The van der Waals surface area contributed by atoms with Crippen LogP contribution < -0.4 is 10.0 Å². The fourth-order valence-corrected chi connectivity index (χ4v) is 2.82. The highest BCUT2D eigenvalue weighted by atomic mass is 32.2. The SMILES string of the molecule is CCCNCC(C)S(=O)(=O)NCCN(CC)CCC. The number of rotatable bonds is 12. The molecule has 0 heterocycles. The highest BCUT2D eigenvalue weighted by molar-refractivity contribution is 7.90. The summed E-state index contributed by atoms with van der Waals surface area (Å²) in [4.78, 5) is 2.25. The molecule has 0 radical (unpaired) electrons. The van der Waals surface area contributed by atoms with Crippen LogP contribution in [0.5, 0.6) is 0 Å². The van der Waals surface area contributed by atoms with Crippen LogP contribution in [0.4, 0.5) is 0 Å². The second kappa shape index (κ2) is 10.6. The fraction of sp³-hybridized carbons (Fsp3) is 1.00. The number of nitrogens with one attached hydrogen (secondary N) is 2. The summed E-state index contributed by atoms with van der Waals surface area (Å²) in [6.45, 7) is 12.7. The zero-order chi connectivity index (χ0) is 14.7. The maximum atomic E-state index is 12.0. The van der Waals surface area contributed by atoms with Crippen molar-refractivity contribution in [3.05, 3.63) is 0 Å². The van der Waals surface area contributed by atoms with Crippen molar-refractivity contribution < 1.29 is 8.42 Å². The molecule has 2 N–H and O–H groups in total. The van der Waals surface area contributed by atoms with Gasteiger partial charge in [0.1, 0.15) is 0 Å². The third-order valence-corrected chi connectivity index (χ3v) is 4.94. The first-order valence-electron chi connectivity index (χ1n) is 7.39. The predicted octanol–water partition coefficient (Wildman–Crippen LogP) is 1.03. The highest BCUT2D eigenvalue weighted by Crippen LogP contribution is 1.97. The molecule has 0 rings (SSSR count). The van der Waals surface area contributed by atoms with Crippen LogP contribution in [0.3, 0.4) is 0 Å². The average molecular weight is 293 g/mol. The second-order valence-electron chi connectivity index (χ2n) is 4.89. The van der Waals surface area contributed by atoms with E-state index in [2.05, 4.69) is 35.7 Å². The van der Waals surface area contributed by atoms with Gasteiger partial charge in [-0.1, -0.05) is 20.8 Å². The molecule has 0 aromatic carbocycles. The van der Waals surface area contributed by atoms with Crippen LogP contribution in [0.1, 0.15) is 40.5 Å². The van der Waals surface area contributed by atoms with Crippen molar-refractivity contribution in [1.82, 2.24) is 14.9 Å². The Morgan fingerprint density at radius 3 is 2.26 bits per heavy atom. The van der Waals surface area contributed by atoms with Crippen molar-refractivity contribution in [1.29, 1.82) is 0 Å². The Balaban J connectivity index is 4.01. The lowest BCUT2D eigenvalue weighted by atomic mass is 10.4. The molecule has 6 heteroatoms. The third-order valence-electron chi connectivity index (χ3n) is 3.11. The van der Waals surface area contributed by atoms with Crippen LogP contribution in [0.25, 0.3) is 0 Å². The van der Waals surface area contributed by atoms with Gasteiger partial charge in [-0.3, -0.25) is 0 Å². The summed E-state index contributed by atoms with van der Waals surface area (Å²) in [6, 6.07) is 0. The largest absolute Gasteiger partial charge is 0.315 e. The Kier molecular flexibility index (Phi) is 10.5. The van der Waals surface area contributed by atoms with Gasteiger partial charge in [0.05, 0.1) is 5.25 Å². The minimum absolute atomic E-state index is 0.389. The lowest BCUT2D eigenvalue weighted by Crippen LogP contribution is -2.42. The zero-order valence-corrected chi connectivity index (χ0v) is 13.7. The predicted molar refractivity (Wildman–Crippen MR) is 82.0 cm³/mol. The molecule has 1 unspecified atom stereocenters. The number of sulfonamides is 1. The average Bonchev–Trinajstić information content (AvgIpc) is 2.37. The summed E-state index contributed by atoms with van der Waals surface area (Å²) < 4.78 is 26.7. The zero-order valence-electron chi connectivity index (χ0n) is 12.9. The van der Waals surface area contributed by atoms with E-state index in [1.807, 2.05) is 0 Å². The molecule has 0 fully saturated rings. The molecule has 116 valence electrons. The first-order chi connectivity index (χ1) is 8.97. The van der Waals surface area contributed by atoms with Gasteiger partial charge in [-0.05, 0) is 39.4 Å². The number of hydrogen-bond donors (Lipinski definition) is 2. The highest BCUT2D eigenvalue weighted by Gasteiger charge is 2.19. The van der Waals surface area contributed by atoms with Crippen LogP contribution in [-0.4, -0.2) is 57.8 Å². The summed E-state index contributed by atoms with van der Waals surface area (Å²) in [5, 5.41) is 2.75. The van der Waals surface area contributed by atoms with Gasteiger partial charge < -0.3 is 10.2 Å². The van der Waals surface area contributed by atoms with E-state index in [-0.39, 0.29) is 5.25 Å². The number of nitrogens with zero attached hydrogens (tertiary/aromatic N) is 1. The van der Waals surface area contributed by atoms with E-state index in [0.717, 1.165) is 39.0 Å². The minimum atomic E-state index is -3.20. The van der Waals surface area contributed by atoms with Crippen LogP contribution in [0, 0.1) is 0 Å². The van der Waals surface area contributed by atoms with Crippen molar-refractivity contribution in [2.45, 2.75) is 45.8 Å². The van der Waals surface area contributed by atoms with Crippen LogP contribution in [-0.2, 0) is 10.0 Å². The summed E-state index contributed by atoms with van der Waals surface area (Å²) in [7, 11) is -3.20. The molecule has 0 aromatic rings. The first-order valence-corrected chi connectivity index (χ1v) is 8.94. The molecule has 0 saturated heterocycles. The number of hydrogen-bond acceptors (Lipinski definition) is 4. The summed E-state index contributed by atoms with van der Waals surface area (Å²) in [6.07, 6.45) is 2.11. The van der Waals surface area contributed by atoms with Crippen LogP contribution >= 0.6 is 0 Å². The van der Waals surface area contributed by atoms with Gasteiger partial charge in [-0.2, -0.15) is 0 Å². The molecule has 19 heavy (non-hydrogen) atoms. The lowest BCUT2D eigenvalue weighted by molar-refractivity contribution is 0.293. The third kappa shape index (κ3) is 8.57. The molecule has 0 bridgehead atoms. The van der Waals surface area contributed by atoms with Gasteiger partial charge in [0.15, 0.2) is 0 Å². The molecule has 0 spiro atoms. The Hall–Kier alpha value is -0.170. The normalized spacial score (nSPS) is 13.9. The van der Waals surface area contributed by atoms with E-state index < -0.39 is 10.0 Å². The Bertz CT molecular complexity index is 307. The molecular weight excluding hydrogens is 262 g/mol. The fourth-order valence-electron chi connectivity index (χ4n) is 1.82. The summed E-state index contributed by atoms with van der Waals surface area (Å²) >= 11 is 0. The van der Waals surface area contributed by atoms with Crippen molar-refractivity contribution in [2.24, 2.45) is 0 Å². The van der Waals surface area contributed by atoms with Gasteiger partial charge in [0, 0.05) is 19.6 Å². The van der Waals surface area contributed by atoms with Gasteiger partial charge in [-0.25, -0.2) is 13.1 Å². The van der Waals surface area contributed by atoms with Crippen molar-refractivity contribution in [2.75, 3.05) is 39.3 Å². The van der Waals surface area contributed by atoms with E-state index in [4.69, 9.17) is 0 Å². The van der Waals surface area contributed by atoms with E-state index in [1.165, 1.54) is 0 Å². The maximum absolute atomic E-state index is 12.0. The maximum Gasteiger partial charge on any atom is 0.215 e. The van der Waals surface area contributed by atoms with Crippen molar-refractivity contribution >= 4 is 10.0 Å². The van der Waals surface area contributed by atoms with Crippen LogP contribution in [0.2, 0.25) is 0 Å². The lowest BCUT2D eigenvalue weighted by Gasteiger charge is -2.20. The molecule has 5 nitrogen and oxygen atoms in total. The van der Waals surface area contributed by atoms with E-state index >= 15 is 0 Å². The van der Waals surface area contributed by atoms with Gasteiger partial charge in [0.2, 0.25) is 10.0 Å². The standard InChI is InChI=1S/C13H31N3O2S/c1-5-8-14-12-13(4)19(17,18)15-9-11-16(7-3)10-6-2/h13-15H,5-12H2,1-4H3. The minimum Gasteiger partial charge on any atom is -0.315 e. The smallest absolute Gasteiger partial charge is 0.215 e. The summed E-state index contributed by atoms with van der Waals surface area (Å²) in [5.74, 6) is 0. The monoisotopic (exact) mass is 293 g/mol. The molecular formula is C13H31N3O2S. The number of likely N-dealkylation sites (N-methyl/N-ethyl adjacent to an activating group) is 1. The Morgan fingerprint density at radius 1 is 1.05 bits per heavy atom. The molecule has 0 amide bonds. The molecule has 1 atom stereocenters. The summed E-state index contributed by atoms with van der Waals surface area (Å²) in [5.41, 5.74) is 0. The van der Waals surface area contributed by atoms with E-state index in [1.54, 1.807) is 6.92 Å². The molecule has 0 saturated carbocycles. The van der Waals surface area contributed by atoms with Gasteiger partial charge in [-0.15, -0.1) is 0 Å². The molecule has 0 aromatic heterocycles. The van der Waals surface area contributed by atoms with Crippen molar-refractivity contribution in [3.63, 3.8) is 0 Å². The Labute approximate surface area is 119 Å².